The molecule has 0 aliphatic rings. The van der Waals surface area contributed by atoms with Crippen molar-refractivity contribution in [2.24, 2.45) is 11.8 Å². The van der Waals surface area contributed by atoms with E-state index in [9.17, 15) is 13.6 Å². The second-order valence-corrected chi connectivity index (χ2v) is 4.67. The molecule has 1 aromatic carbocycles. The summed E-state index contributed by atoms with van der Waals surface area (Å²) in [5.74, 6) is -0.991. The molecule has 1 N–H and O–H groups in total. The second-order valence-electron chi connectivity index (χ2n) is 4.67. The maximum absolute atomic E-state index is 12.0. The molecule has 0 radical (unpaired) electrons. The number of aliphatic carboxylic acids is 1. The Morgan fingerprint density at radius 2 is 1.84 bits per heavy atom. The fourth-order valence-corrected chi connectivity index (χ4v) is 1.73. The predicted octanol–water partition coefficient (Wildman–Crippen LogP) is 3.58. The van der Waals surface area contributed by atoms with Gasteiger partial charge in [0.25, 0.3) is 0 Å². The summed E-state index contributed by atoms with van der Waals surface area (Å²) in [7, 11) is 0. The van der Waals surface area contributed by atoms with Crippen molar-refractivity contribution >= 4 is 5.97 Å². The van der Waals surface area contributed by atoms with Crippen LogP contribution >= 0.6 is 0 Å². The van der Waals surface area contributed by atoms with Crippen molar-refractivity contribution in [3.05, 3.63) is 29.8 Å². The normalized spacial score (nSPS) is 14.2. The molecule has 0 saturated heterocycles. The molecule has 0 fully saturated rings. The van der Waals surface area contributed by atoms with Crippen molar-refractivity contribution < 1.29 is 23.4 Å². The summed E-state index contributed by atoms with van der Waals surface area (Å²) in [6, 6.07) is 6.42. The van der Waals surface area contributed by atoms with E-state index in [4.69, 9.17) is 5.11 Å². The van der Waals surface area contributed by atoms with Gasteiger partial charge in [-0.25, -0.2) is 0 Å². The zero-order valence-corrected chi connectivity index (χ0v) is 11.0. The topological polar surface area (TPSA) is 46.5 Å². The number of aryl methyl sites for hydroxylation is 1. The summed E-state index contributed by atoms with van der Waals surface area (Å²) < 4.78 is 28.2. The van der Waals surface area contributed by atoms with Gasteiger partial charge in [0.1, 0.15) is 5.75 Å². The number of ether oxygens (including phenoxy) is 1. The zero-order chi connectivity index (χ0) is 14.4. The first kappa shape index (κ1) is 15.4. The molecule has 0 aliphatic carbocycles. The number of rotatable bonds is 7. The number of carboxylic acid groups (broad SMARTS) is 1. The van der Waals surface area contributed by atoms with E-state index in [0.717, 1.165) is 12.0 Å². The molecule has 0 amide bonds. The Bertz CT molecular complexity index is 404. The van der Waals surface area contributed by atoms with Gasteiger partial charge in [-0.2, -0.15) is 8.78 Å². The van der Waals surface area contributed by atoms with Crippen molar-refractivity contribution in [1.82, 2.24) is 0 Å². The van der Waals surface area contributed by atoms with Gasteiger partial charge in [-0.05, 0) is 36.5 Å². The highest BCUT2D eigenvalue weighted by Crippen LogP contribution is 2.20. The van der Waals surface area contributed by atoms with Crippen molar-refractivity contribution in [3.63, 3.8) is 0 Å². The summed E-state index contributed by atoms with van der Waals surface area (Å²) in [6.45, 7) is 0.766. The number of benzene rings is 1. The number of alkyl halides is 2. The smallest absolute Gasteiger partial charge is 0.387 e. The molecule has 0 aromatic heterocycles. The number of hydrogen-bond acceptors (Lipinski definition) is 2. The maximum atomic E-state index is 12.0. The van der Waals surface area contributed by atoms with E-state index in [1.807, 2.05) is 6.92 Å². The van der Waals surface area contributed by atoms with Crippen molar-refractivity contribution in [1.29, 1.82) is 0 Å². The largest absolute Gasteiger partial charge is 0.481 e. The third-order valence-corrected chi connectivity index (χ3v) is 3.28. The molecule has 0 saturated carbocycles. The van der Waals surface area contributed by atoms with Gasteiger partial charge in [0.05, 0.1) is 5.92 Å². The van der Waals surface area contributed by atoms with E-state index in [1.54, 1.807) is 19.1 Å². The SMILES string of the molecule is CC(CCc1ccc(OC(F)F)cc1)C(C)C(=O)O. The van der Waals surface area contributed by atoms with Crippen LogP contribution in [0.4, 0.5) is 8.78 Å². The zero-order valence-electron chi connectivity index (χ0n) is 11.0. The van der Waals surface area contributed by atoms with E-state index >= 15 is 0 Å². The van der Waals surface area contributed by atoms with Gasteiger partial charge in [0, 0.05) is 0 Å². The average molecular weight is 272 g/mol. The fraction of sp³-hybridized carbons (Fsp3) is 0.500. The number of carbonyl (C=O) groups is 1. The Hall–Kier alpha value is -1.65. The van der Waals surface area contributed by atoms with Gasteiger partial charge >= 0.3 is 12.6 Å². The van der Waals surface area contributed by atoms with Crippen LogP contribution in [0.3, 0.4) is 0 Å². The van der Waals surface area contributed by atoms with Crippen LogP contribution in [-0.2, 0) is 11.2 Å². The molecule has 5 heteroatoms. The summed E-state index contributed by atoms with van der Waals surface area (Å²) in [5.41, 5.74) is 0.978. The highest BCUT2D eigenvalue weighted by molar-refractivity contribution is 5.69. The first-order chi connectivity index (χ1) is 8.90. The maximum Gasteiger partial charge on any atom is 0.387 e. The van der Waals surface area contributed by atoms with Gasteiger partial charge in [-0.15, -0.1) is 0 Å². The number of hydrogen-bond donors (Lipinski definition) is 1. The van der Waals surface area contributed by atoms with Crippen LogP contribution in [0.25, 0.3) is 0 Å². The quantitative estimate of drug-likeness (QED) is 0.825. The van der Waals surface area contributed by atoms with Crippen molar-refractivity contribution in [2.45, 2.75) is 33.3 Å². The molecular formula is C14H18F2O3. The van der Waals surface area contributed by atoms with Gasteiger partial charge in [-0.1, -0.05) is 26.0 Å². The van der Waals surface area contributed by atoms with Gasteiger partial charge < -0.3 is 9.84 Å². The Morgan fingerprint density at radius 1 is 1.26 bits per heavy atom. The monoisotopic (exact) mass is 272 g/mol. The molecule has 0 aliphatic heterocycles. The molecule has 0 bridgehead atoms. The number of halogens is 2. The standard InChI is InChI=1S/C14H18F2O3/c1-9(10(2)13(17)18)3-4-11-5-7-12(8-6-11)19-14(15)16/h5-10,14H,3-4H2,1-2H3,(H,17,18). The minimum atomic E-state index is -2.82. The predicted molar refractivity (Wildman–Crippen MR) is 67.4 cm³/mol. The average Bonchev–Trinajstić information content (AvgIpc) is 2.35. The highest BCUT2D eigenvalue weighted by Gasteiger charge is 2.18. The molecule has 3 nitrogen and oxygen atoms in total. The van der Waals surface area contributed by atoms with E-state index in [2.05, 4.69) is 4.74 Å². The lowest BCUT2D eigenvalue weighted by atomic mass is 9.90. The minimum absolute atomic E-state index is 0.0643. The van der Waals surface area contributed by atoms with E-state index in [-0.39, 0.29) is 17.6 Å². The van der Waals surface area contributed by atoms with Gasteiger partial charge in [0.15, 0.2) is 0 Å². The molecule has 106 valence electrons. The third-order valence-electron chi connectivity index (χ3n) is 3.28. The lowest BCUT2D eigenvalue weighted by Gasteiger charge is -2.15. The molecule has 1 aromatic rings. The third kappa shape index (κ3) is 5.24. The molecule has 1 rings (SSSR count). The molecule has 2 atom stereocenters. The Labute approximate surface area is 111 Å². The minimum Gasteiger partial charge on any atom is -0.481 e. The Balaban J connectivity index is 2.47. The summed E-state index contributed by atoms with van der Waals surface area (Å²) >= 11 is 0. The van der Waals surface area contributed by atoms with Crippen LogP contribution in [0.15, 0.2) is 24.3 Å². The lowest BCUT2D eigenvalue weighted by molar-refractivity contribution is -0.142. The molecule has 0 spiro atoms. The molecule has 2 unspecified atom stereocenters. The number of carboxylic acids is 1. The highest BCUT2D eigenvalue weighted by atomic mass is 19.3. The Kier molecular flexibility index (Phi) is 5.73. The summed E-state index contributed by atoms with van der Waals surface area (Å²) in [6.07, 6.45) is 1.45. The first-order valence-electron chi connectivity index (χ1n) is 6.16. The van der Waals surface area contributed by atoms with Crippen LogP contribution < -0.4 is 4.74 Å². The Morgan fingerprint density at radius 3 is 2.32 bits per heavy atom. The van der Waals surface area contributed by atoms with Crippen molar-refractivity contribution in [2.75, 3.05) is 0 Å². The second kappa shape index (κ2) is 7.07. The fourth-order valence-electron chi connectivity index (χ4n) is 1.73. The summed E-state index contributed by atoms with van der Waals surface area (Å²) in [5, 5.41) is 8.88. The van der Waals surface area contributed by atoms with Crippen LogP contribution in [0.5, 0.6) is 5.75 Å². The molecule has 19 heavy (non-hydrogen) atoms. The lowest BCUT2D eigenvalue weighted by Crippen LogP contribution is -2.18. The van der Waals surface area contributed by atoms with E-state index in [1.165, 1.54) is 12.1 Å². The van der Waals surface area contributed by atoms with E-state index in [0.29, 0.717) is 6.42 Å². The van der Waals surface area contributed by atoms with Crippen molar-refractivity contribution in [3.8, 4) is 5.75 Å². The van der Waals surface area contributed by atoms with Crippen LogP contribution in [0.2, 0.25) is 0 Å². The van der Waals surface area contributed by atoms with Crippen LogP contribution in [-0.4, -0.2) is 17.7 Å². The van der Waals surface area contributed by atoms with E-state index < -0.39 is 12.6 Å². The van der Waals surface area contributed by atoms with Crippen LogP contribution in [0.1, 0.15) is 25.8 Å². The molecule has 0 heterocycles. The van der Waals surface area contributed by atoms with Gasteiger partial charge in [0.2, 0.25) is 0 Å². The molecular weight excluding hydrogens is 254 g/mol. The van der Waals surface area contributed by atoms with Crippen LogP contribution in [0, 0.1) is 11.8 Å². The first-order valence-corrected chi connectivity index (χ1v) is 6.16. The van der Waals surface area contributed by atoms with Gasteiger partial charge in [-0.3, -0.25) is 4.79 Å². The summed E-state index contributed by atoms with van der Waals surface area (Å²) in [4.78, 5) is 10.8.